The number of aryl methyl sites for hydroxylation is 1. The highest BCUT2D eigenvalue weighted by molar-refractivity contribution is 5.48. The Balaban J connectivity index is 1.43. The van der Waals surface area contributed by atoms with Crippen molar-refractivity contribution in [3.05, 3.63) is 23.8 Å². The molecule has 2 aliphatic rings. The van der Waals surface area contributed by atoms with E-state index in [2.05, 4.69) is 26.4 Å². The maximum Gasteiger partial charge on any atom is 0.241 e. The Morgan fingerprint density at radius 1 is 1.30 bits per heavy atom. The highest BCUT2D eigenvalue weighted by Crippen LogP contribution is 2.36. The van der Waals surface area contributed by atoms with Crippen molar-refractivity contribution in [3.63, 3.8) is 0 Å². The Hall–Kier alpha value is -2.48. The largest absolute Gasteiger partial charge is 0.485 e. The normalized spacial score (nSPS) is 21.0. The highest BCUT2D eigenvalue weighted by atomic mass is 16.6. The molecule has 1 aromatic heterocycles. The van der Waals surface area contributed by atoms with Crippen molar-refractivity contribution in [2.24, 2.45) is 7.05 Å². The van der Waals surface area contributed by atoms with Crippen LogP contribution in [-0.2, 0) is 13.6 Å². The molecule has 2 atom stereocenters. The molecule has 0 radical (unpaired) electrons. The van der Waals surface area contributed by atoms with Gasteiger partial charge in [-0.15, -0.1) is 5.10 Å². The maximum atomic E-state index is 6.25. The molecule has 2 aliphatic heterocycles. The molecule has 3 heterocycles. The molecule has 1 aromatic carbocycles. The van der Waals surface area contributed by atoms with Crippen molar-refractivity contribution in [2.75, 3.05) is 30.7 Å². The lowest BCUT2D eigenvalue weighted by molar-refractivity contribution is 0.0784. The number of piperidine rings is 1. The topological polar surface area (TPSA) is 90.5 Å². The van der Waals surface area contributed by atoms with Gasteiger partial charge in [0.15, 0.2) is 17.6 Å². The summed E-state index contributed by atoms with van der Waals surface area (Å²) >= 11 is 0. The van der Waals surface area contributed by atoms with Crippen molar-refractivity contribution in [1.82, 2.24) is 19.7 Å². The number of rotatable bonds is 5. The Morgan fingerprint density at radius 3 is 2.85 bits per heavy atom. The van der Waals surface area contributed by atoms with E-state index in [-0.39, 0.29) is 18.1 Å². The zero-order valence-electron chi connectivity index (χ0n) is 16.0. The third kappa shape index (κ3) is 3.95. The number of nitrogens with zero attached hydrogens (tertiary/aromatic N) is 4. The minimum absolute atomic E-state index is 0.00815. The first-order valence-electron chi connectivity index (χ1n) is 9.67. The van der Waals surface area contributed by atoms with Crippen LogP contribution in [0.2, 0.25) is 0 Å². The zero-order chi connectivity index (χ0) is 18.8. The van der Waals surface area contributed by atoms with E-state index in [1.54, 1.807) is 11.7 Å². The number of hydrogen-bond acceptors (Lipinski definition) is 7. The minimum atomic E-state index is -0.124. The van der Waals surface area contributed by atoms with Gasteiger partial charge in [-0.05, 0) is 38.9 Å². The summed E-state index contributed by atoms with van der Waals surface area (Å²) in [7, 11) is 1.80. The quantitative estimate of drug-likeness (QED) is 0.830. The summed E-state index contributed by atoms with van der Waals surface area (Å²) in [6.07, 6.45) is 3.78. The predicted molar refractivity (Wildman–Crippen MR) is 104 cm³/mol. The number of nitrogens with one attached hydrogen (secondary N) is 1. The Bertz CT molecular complexity index is 787. The summed E-state index contributed by atoms with van der Waals surface area (Å²) in [4.78, 5) is 6.68. The van der Waals surface area contributed by atoms with Gasteiger partial charge in [0, 0.05) is 19.2 Å². The fraction of sp³-hybridized carbons (Fsp3) is 0.579. The second kappa shape index (κ2) is 7.64. The molecule has 0 saturated carbocycles. The smallest absolute Gasteiger partial charge is 0.241 e. The van der Waals surface area contributed by atoms with E-state index in [1.165, 1.54) is 24.8 Å². The van der Waals surface area contributed by atoms with Gasteiger partial charge in [-0.1, -0.05) is 18.6 Å². The molecule has 0 amide bonds. The number of nitrogen functional groups attached to an aromatic ring is 1. The lowest BCUT2D eigenvalue weighted by atomic mass is 10.1. The number of fused-ring (bicyclic) bond motifs is 1. The number of likely N-dealkylation sites (tertiary alicyclic amines) is 1. The number of benzene rings is 1. The van der Waals surface area contributed by atoms with Crippen LogP contribution < -0.4 is 20.5 Å². The summed E-state index contributed by atoms with van der Waals surface area (Å²) in [5.74, 6) is 2.57. The molecule has 0 bridgehead atoms. The fourth-order valence-electron chi connectivity index (χ4n) is 3.74. The molecule has 27 heavy (non-hydrogen) atoms. The van der Waals surface area contributed by atoms with Gasteiger partial charge in [0.25, 0.3) is 0 Å². The number of aromatic nitrogens is 3. The third-order valence-corrected chi connectivity index (χ3v) is 5.27. The first-order chi connectivity index (χ1) is 13.1. The van der Waals surface area contributed by atoms with Crippen LogP contribution in [0.5, 0.6) is 11.5 Å². The molecule has 2 unspecified atom stereocenters. The van der Waals surface area contributed by atoms with Crippen molar-refractivity contribution in [3.8, 4) is 11.5 Å². The van der Waals surface area contributed by atoms with Gasteiger partial charge < -0.3 is 20.5 Å². The SMILES string of the molecule is CC(Nc1nc(N)nn1C)C1COc2c(CN3CCCCC3)cccc2O1. The van der Waals surface area contributed by atoms with E-state index in [1.807, 2.05) is 19.1 Å². The van der Waals surface area contributed by atoms with E-state index in [0.717, 1.165) is 31.1 Å². The van der Waals surface area contributed by atoms with Crippen LogP contribution in [0, 0.1) is 0 Å². The van der Waals surface area contributed by atoms with Gasteiger partial charge in [-0.25, -0.2) is 4.68 Å². The molecule has 8 heteroatoms. The van der Waals surface area contributed by atoms with E-state index in [0.29, 0.717) is 12.6 Å². The van der Waals surface area contributed by atoms with Crippen LogP contribution in [0.25, 0.3) is 0 Å². The van der Waals surface area contributed by atoms with Crippen LogP contribution in [0.3, 0.4) is 0 Å². The average Bonchev–Trinajstić information content (AvgIpc) is 2.99. The number of para-hydroxylation sites is 1. The number of hydrogen-bond donors (Lipinski definition) is 2. The summed E-state index contributed by atoms with van der Waals surface area (Å²) in [5, 5.41) is 7.36. The van der Waals surface area contributed by atoms with Crippen molar-refractivity contribution in [1.29, 1.82) is 0 Å². The van der Waals surface area contributed by atoms with Crippen molar-refractivity contribution < 1.29 is 9.47 Å². The molecule has 1 fully saturated rings. The van der Waals surface area contributed by atoms with Crippen LogP contribution in [-0.4, -0.2) is 51.5 Å². The Kier molecular flexibility index (Phi) is 5.07. The molecule has 0 spiro atoms. The monoisotopic (exact) mass is 372 g/mol. The first-order valence-corrected chi connectivity index (χ1v) is 9.67. The van der Waals surface area contributed by atoms with E-state index < -0.39 is 0 Å². The van der Waals surface area contributed by atoms with E-state index >= 15 is 0 Å². The van der Waals surface area contributed by atoms with E-state index in [9.17, 15) is 0 Å². The number of anilines is 2. The van der Waals surface area contributed by atoms with Gasteiger partial charge in [-0.2, -0.15) is 4.98 Å². The lowest BCUT2D eigenvalue weighted by Gasteiger charge is -2.33. The van der Waals surface area contributed by atoms with Gasteiger partial charge >= 0.3 is 0 Å². The lowest BCUT2D eigenvalue weighted by Crippen LogP contribution is -2.43. The van der Waals surface area contributed by atoms with Crippen LogP contribution in [0.4, 0.5) is 11.9 Å². The molecular formula is C19H28N6O2. The second-order valence-electron chi connectivity index (χ2n) is 7.40. The average molecular weight is 372 g/mol. The van der Waals surface area contributed by atoms with Crippen molar-refractivity contribution >= 4 is 11.9 Å². The molecule has 2 aromatic rings. The summed E-state index contributed by atoms with van der Waals surface area (Å²) in [6.45, 7) is 5.78. The molecular weight excluding hydrogens is 344 g/mol. The predicted octanol–water partition coefficient (Wildman–Crippen LogP) is 2.02. The minimum Gasteiger partial charge on any atom is -0.485 e. The number of ether oxygens (including phenoxy) is 2. The van der Waals surface area contributed by atoms with Gasteiger partial charge in [0.2, 0.25) is 11.9 Å². The van der Waals surface area contributed by atoms with Crippen molar-refractivity contribution in [2.45, 2.75) is 44.9 Å². The summed E-state index contributed by atoms with van der Waals surface area (Å²) in [6, 6.07) is 6.16. The summed E-state index contributed by atoms with van der Waals surface area (Å²) < 4.78 is 14.0. The fourth-order valence-corrected chi connectivity index (χ4v) is 3.74. The summed E-state index contributed by atoms with van der Waals surface area (Å²) in [5.41, 5.74) is 6.85. The first kappa shape index (κ1) is 17.9. The zero-order valence-corrected chi connectivity index (χ0v) is 16.0. The van der Waals surface area contributed by atoms with Gasteiger partial charge in [-0.3, -0.25) is 4.90 Å². The Labute approximate surface area is 159 Å². The second-order valence-corrected chi connectivity index (χ2v) is 7.40. The molecule has 4 rings (SSSR count). The van der Waals surface area contributed by atoms with Crippen LogP contribution in [0.15, 0.2) is 18.2 Å². The number of nitrogens with two attached hydrogens (primary N) is 1. The molecule has 146 valence electrons. The molecule has 8 nitrogen and oxygen atoms in total. The van der Waals surface area contributed by atoms with Gasteiger partial charge in [0.1, 0.15) is 6.61 Å². The van der Waals surface area contributed by atoms with Gasteiger partial charge in [0.05, 0.1) is 6.04 Å². The highest BCUT2D eigenvalue weighted by Gasteiger charge is 2.29. The molecule has 0 aliphatic carbocycles. The third-order valence-electron chi connectivity index (χ3n) is 5.27. The molecule has 3 N–H and O–H groups in total. The standard InChI is InChI=1S/C19H28N6O2/c1-13(21-19-22-18(20)23-24(19)2)16-12-26-17-14(7-6-8-15(17)27-16)11-25-9-4-3-5-10-25/h6-8,13,16H,3-5,9-12H2,1-2H3,(H3,20,21,22,23). The molecule has 1 saturated heterocycles. The van der Waals surface area contributed by atoms with Crippen LogP contribution >= 0.6 is 0 Å². The maximum absolute atomic E-state index is 6.25. The Morgan fingerprint density at radius 2 is 2.11 bits per heavy atom. The van der Waals surface area contributed by atoms with E-state index in [4.69, 9.17) is 15.2 Å². The van der Waals surface area contributed by atoms with Crippen LogP contribution in [0.1, 0.15) is 31.7 Å².